The van der Waals surface area contributed by atoms with Gasteiger partial charge in [0.2, 0.25) is 0 Å². The summed E-state index contributed by atoms with van der Waals surface area (Å²) in [5.41, 5.74) is 0.698. The Bertz CT molecular complexity index is 635. The molecule has 1 aromatic heterocycles. The Labute approximate surface area is 137 Å². The van der Waals surface area contributed by atoms with Gasteiger partial charge in [0.15, 0.2) is 0 Å². The molecule has 1 aromatic carbocycles. The van der Waals surface area contributed by atoms with Crippen molar-refractivity contribution < 1.29 is 27.8 Å². The van der Waals surface area contributed by atoms with Crippen molar-refractivity contribution in [3.05, 3.63) is 54.0 Å². The largest absolute Gasteiger partial charge is 0.488 e. The molecule has 6 nitrogen and oxygen atoms in total. The third-order valence-corrected chi connectivity index (χ3v) is 3.06. The van der Waals surface area contributed by atoms with Crippen LogP contribution in [0.1, 0.15) is 17.4 Å². The Morgan fingerprint density at radius 1 is 1.25 bits per heavy atom. The van der Waals surface area contributed by atoms with E-state index in [9.17, 15) is 18.7 Å². The van der Waals surface area contributed by atoms with E-state index in [2.05, 4.69) is 10.6 Å². The number of nitrogens with one attached hydrogen (secondary N) is 2. The average Bonchev–Trinajstić information content (AvgIpc) is 3.11. The lowest BCUT2D eigenvalue weighted by molar-refractivity contribution is 0.0818. The predicted molar refractivity (Wildman–Crippen MR) is 81.8 cm³/mol. The van der Waals surface area contributed by atoms with Crippen molar-refractivity contribution >= 4 is 6.03 Å². The highest BCUT2D eigenvalue weighted by molar-refractivity contribution is 5.73. The summed E-state index contributed by atoms with van der Waals surface area (Å²) >= 11 is 0. The number of rotatable bonds is 8. The molecule has 1 unspecified atom stereocenters. The molecule has 3 N–H and O–H groups in total. The first-order chi connectivity index (χ1) is 11.5. The van der Waals surface area contributed by atoms with Gasteiger partial charge in [-0.25, -0.2) is 13.6 Å². The number of amides is 2. The van der Waals surface area contributed by atoms with Crippen LogP contribution in [0, 0.1) is 0 Å². The number of urea groups is 1. The first-order valence-corrected chi connectivity index (χ1v) is 7.27. The van der Waals surface area contributed by atoms with Crippen molar-refractivity contribution in [1.82, 2.24) is 10.6 Å². The molecule has 0 aliphatic heterocycles. The molecule has 2 aromatic rings. The Morgan fingerprint density at radius 2 is 2.08 bits per heavy atom. The molecule has 0 saturated heterocycles. The summed E-state index contributed by atoms with van der Waals surface area (Å²) in [6, 6.07) is 9.28. The van der Waals surface area contributed by atoms with Crippen LogP contribution in [0.15, 0.2) is 47.1 Å². The number of carbonyl (C=O) groups is 1. The highest BCUT2D eigenvalue weighted by atomic mass is 19.3. The van der Waals surface area contributed by atoms with E-state index in [0.29, 0.717) is 17.1 Å². The highest BCUT2D eigenvalue weighted by Gasteiger charge is 2.11. The van der Waals surface area contributed by atoms with Crippen LogP contribution in [0.4, 0.5) is 13.6 Å². The molecule has 24 heavy (non-hydrogen) atoms. The van der Waals surface area contributed by atoms with Gasteiger partial charge in [0, 0.05) is 6.54 Å². The number of alkyl halides is 2. The van der Waals surface area contributed by atoms with Gasteiger partial charge in [-0.3, -0.25) is 0 Å². The van der Waals surface area contributed by atoms with E-state index in [1.807, 2.05) is 0 Å². The maximum Gasteiger partial charge on any atom is 0.315 e. The molecular formula is C16H18F2N2O4. The molecule has 2 rings (SSSR count). The fourth-order valence-corrected chi connectivity index (χ4v) is 1.92. The average molecular weight is 340 g/mol. The number of hydrogen-bond donors (Lipinski definition) is 3. The Morgan fingerprint density at radius 3 is 2.79 bits per heavy atom. The fourth-order valence-electron chi connectivity index (χ4n) is 1.92. The van der Waals surface area contributed by atoms with E-state index in [1.54, 1.807) is 36.4 Å². The molecule has 130 valence electrons. The van der Waals surface area contributed by atoms with Crippen LogP contribution in [-0.2, 0) is 6.54 Å². The number of halogens is 2. The summed E-state index contributed by atoms with van der Waals surface area (Å²) in [5.74, 6) is 0.669. The van der Waals surface area contributed by atoms with E-state index < -0.39 is 25.2 Å². The van der Waals surface area contributed by atoms with Gasteiger partial charge in [0.05, 0.1) is 12.8 Å². The lowest BCUT2D eigenvalue weighted by atomic mass is 10.2. The Hall–Kier alpha value is -2.61. The van der Waals surface area contributed by atoms with E-state index >= 15 is 0 Å². The minimum Gasteiger partial charge on any atom is -0.488 e. The van der Waals surface area contributed by atoms with Gasteiger partial charge < -0.3 is 24.9 Å². The summed E-state index contributed by atoms with van der Waals surface area (Å²) in [7, 11) is 0. The van der Waals surface area contributed by atoms with Gasteiger partial charge in [-0.1, -0.05) is 12.1 Å². The van der Waals surface area contributed by atoms with Crippen molar-refractivity contribution in [1.29, 1.82) is 0 Å². The molecule has 0 bridgehead atoms. The number of ether oxygens (including phenoxy) is 1. The summed E-state index contributed by atoms with van der Waals surface area (Å²) in [4.78, 5) is 11.7. The SMILES string of the molecule is O=C(NCc1cccc(OCC(F)F)c1)NCC(O)c1ccco1. The second-order valence-electron chi connectivity index (χ2n) is 4.94. The van der Waals surface area contributed by atoms with Crippen molar-refractivity contribution in [3.63, 3.8) is 0 Å². The molecule has 0 aliphatic rings. The van der Waals surface area contributed by atoms with Gasteiger partial charge in [0.25, 0.3) is 6.43 Å². The van der Waals surface area contributed by atoms with Crippen LogP contribution in [0.2, 0.25) is 0 Å². The van der Waals surface area contributed by atoms with E-state index in [0.717, 1.165) is 0 Å². The van der Waals surface area contributed by atoms with Gasteiger partial charge in [-0.05, 0) is 29.8 Å². The summed E-state index contributed by atoms with van der Waals surface area (Å²) in [6.07, 6.45) is -2.04. The van der Waals surface area contributed by atoms with Crippen LogP contribution >= 0.6 is 0 Å². The third kappa shape index (κ3) is 5.88. The van der Waals surface area contributed by atoms with Crippen LogP contribution in [-0.4, -0.2) is 30.7 Å². The smallest absolute Gasteiger partial charge is 0.315 e. The zero-order valence-corrected chi connectivity index (χ0v) is 12.7. The van der Waals surface area contributed by atoms with E-state index in [1.165, 1.54) is 6.26 Å². The van der Waals surface area contributed by atoms with E-state index in [-0.39, 0.29) is 13.1 Å². The van der Waals surface area contributed by atoms with Crippen molar-refractivity contribution in [2.24, 2.45) is 0 Å². The summed E-state index contributed by atoms with van der Waals surface area (Å²) < 4.78 is 34.2. The van der Waals surface area contributed by atoms with Crippen LogP contribution in [0.3, 0.4) is 0 Å². The highest BCUT2D eigenvalue weighted by Crippen LogP contribution is 2.14. The first kappa shape index (κ1) is 17.7. The Kier molecular flexibility index (Phi) is 6.56. The normalized spacial score (nSPS) is 12.0. The quantitative estimate of drug-likeness (QED) is 0.689. The fraction of sp³-hybridized carbons (Fsp3) is 0.312. The Balaban J connectivity index is 1.74. The third-order valence-electron chi connectivity index (χ3n) is 3.06. The molecular weight excluding hydrogens is 322 g/mol. The van der Waals surface area contributed by atoms with Crippen LogP contribution < -0.4 is 15.4 Å². The number of benzene rings is 1. The maximum absolute atomic E-state index is 12.1. The van der Waals surface area contributed by atoms with Crippen LogP contribution in [0.25, 0.3) is 0 Å². The number of aliphatic hydroxyl groups excluding tert-OH is 1. The zero-order chi connectivity index (χ0) is 17.4. The predicted octanol–water partition coefficient (Wildman–Crippen LogP) is 2.46. The standard InChI is InChI=1S/C16H18F2N2O4/c17-15(18)10-24-12-4-1-3-11(7-12)8-19-16(22)20-9-13(21)14-5-2-6-23-14/h1-7,13,15,21H,8-10H2,(H2,19,20,22). The maximum atomic E-state index is 12.1. The first-order valence-electron chi connectivity index (χ1n) is 7.27. The van der Waals surface area contributed by atoms with Gasteiger partial charge in [-0.15, -0.1) is 0 Å². The van der Waals surface area contributed by atoms with Crippen LogP contribution in [0.5, 0.6) is 5.75 Å². The molecule has 0 radical (unpaired) electrons. The molecule has 0 fully saturated rings. The molecule has 0 spiro atoms. The minimum absolute atomic E-state index is 0.00309. The van der Waals surface area contributed by atoms with Crippen molar-refractivity contribution in [2.75, 3.05) is 13.2 Å². The van der Waals surface area contributed by atoms with Crippen molar-refractivity contribution in [2.45, 2.75) is 19.1 Å². The topological polar surface area (TPSA) is 83.7 Å². The number of hydrogen-bond acceptors (Lipinski definition) is 4. The van der Waals surface area contributed by atoms with Gasteiger partial charge in [0.1, 0.15) is 24.2 Å². The van der Waals surface area contributed by atoms with Gasteiger partial charge >= 0.3 is 6.03 Å². The second-order valence-corrected chi connectivity index (χ2v) is 4.94. The number of furan rings is 1. The summed E-state index contributed by atoms with van der Waals surface area (Å²) in [5, 5.41) is 14.9. The number of carbonyl (C=O) groups excluding carboxylic acids is 1. The molecule has 0 aliphatic carbocycles. The monoisotopic (exact) mass is 340 g/mol. The van der Waals surface area contributed by atoms with E-state index in [4.69, 9.17) is 9.15 Å². The number of aliphatic hydroxyl groups is 1. The van der Waals surface area contributed by atoms with Gasteiger partial charge in [-0.2, -0.15) is 0 Å². The molecule has 1 heterocycles. The molecule has 8 heteroatoms. The lowest BCUT2D eigenvalue weighted by Gasteiger charge is -2.11. The lowest BCUT2D eigenvalue weighted by Crippen LogP contribution is -2.37. The minimum atomic E-state index is -2.54. The molecule has 1 atom stereocenters. The molecule has 2 amide bonds. The van der Waals surface area contributed by atoms with Crippen molar-refractivity contribution in [3.8, 4) is 5.75 Å². The summed E-state index contributed by atoms with van der Waals surface area (Å²) in [6.45, 7) is -0.493. The zero-order valence-electron chi connectivity index (χ0n) is 12.7. The second kappa shape index (κ2) is 8.88. The molecule has 0 saturated carbocycles.